The monoisotopic (exact) mass is 369 g/mol. The number of hydrogen-bond donors (Lipinski definition) is 1. The lowest BCUT2D eigenvalue weighted by atomic mass is 10.3. The van der Waals surface area contributed by atoms with Crippen molar-refractivity contribution >= 4 is 44.5 Å². The third-order valence-electron chi connectivity index (χ3n) is 3.61. The first-order valence-electron chi connectivity index (χ1n) is 7.17. The predicted octanol–water partition coefficient (Wildman–Crippen LogP) is 3.25. The maximum atomic E-state index is 11.9. The zero-order chi connectivity index (χ0) is 14.8. The number of hydrogen-bond acceptors (Lipinski definition) is 2. The molecule has 0 spiro atoms. The van der Waals surface area contributed by atoms with Crippen LogP contribution in [0.25, 0.3) is 11.0 Å². The van der Waals surface area contributed by atoms with Crippen molar-refractivity contribution in [1.82, 2.24) is 14.9 Å². The second-order valence-corrected chi connectivity index (χ2v) is 6.64. The van der Waals surface area contributed by atoms with Crippen LogP contribution in [0.2, 0.25) is 0 Å². The van der Waals surface area contributed by atoms with Crippen LogP contribution in [0.15, 0.2) is 22.7 Å². The van der Waals surface area contributed by atoms with E-state index in [4.69, 9.17) is 11.6 Å². The number of carbonyl (C=O) groups is 1. The molecule has 1 saturated carbocycles. The van der Waals surface area contributed by atoms with Gasteiger partial charge in [-0.3, -0.25) is 4.79 Å². The number of imidazole rings is 1. The zero-order valence-corrected chi connectivity index (χ0v) is 14.0. The van der Waals surface area contributed by atoms with Gasteiger partial charge in [-0.2, -0.15) is 0 Å². The van der Waals surface area contributed by atoms with Crippen LogP contribution in [0.4, 0.5) is 0 Å². The molecule has 6 heteroatoms. The Balaban J connectivity index is 1.81. The van der Waals surface area contributed by atoms with Gasteiger partial charge < -0.3 is 9.88 Å². The van der Waals surface area contributed by atoms with E-state index in [2.05, 4.69) is 30.8 Å². The quantitative estimate of drug-likeness (QED) is 0.794. The molecule has 0 aliphatic heterocycles. The molecule has 0 atom stereocenters. The van der Waals surface area contributed by atoms with Crippen LogP contribution in [0.1, 0.15) is 25.1 Å². The van der Waals surface area contributed by atoms with E-state index in [0.717, 1.165) is 34.2 Å². The molecule has 1 aliphatic rings. The van der Waals surface area contributed by atoms with Gasteiger partial charge in [0.1, 0.15) is 5.82 Å². The Hall–Kier alpha value is -1.07. The lowest BCUT2D eigenvalue weighted by Gasteiger charge is -2.09. The molecule has 1 aliphatic carbocycles. The predicted molar refractivity (Wildman–Crippen MR) is 87.6 cm³/mol. The lowest BCUT2D eigenvalue weighted by Crippen LogP contribution is -2.26. The van der Waals surface area contributed by atoms with E-state index < -0.39 is 0 Å². The van der Waals surface area contributed by atoms with Gasteiger partial charge in [-0.25, -0.2) is 4.98 Å². The number of aryl methyl sites for hydroxylation is 2. The first-order chi connectivity index (χ1) is 10.2. The largest absolute Gasteiger partial charge is 0.353 e. The molecule has 1 aromatic carbocycles. The van der Waals surface area contributed by atoms with Crippen molar-refractivity contribution in [3.8, 4) is 0 Å². The van der Waals surface area contributed by atoms with Crippen LogP contribution in [0.5, 0.6) is 0 Å². The van der Waals surface area contributed by atoms with Crippen molar-refractivity contribution in [2.24, 2.45) is 0 Å². The molecule has 1 aromatic heterocycles. The second-order valence-electron chi connectivity index (χ2n) is 5.34. The fourth-order valence-corrected chi connectivity index (χ4v) is 2.93. The first-order valence-corrected chi connectivity index (χ1v) is 8.50. The Morgan fingerprint density at radius 2 is 2.29 bits per heavy atom. The standard InChI is InChI=1S/C15H17BrClN3O/c16-10-1-4-12-13(9-10)20(14(19-12)5-7-17)8-6-15(21)18-11-2-3-11/h1,4,9,11H,2-3,5-8H2,(H,18,21). The number of nitrogens with zero attached hydrogens (tertiary/aromatic N) is 2. The van der Waals surface area contributed by atoms with Crippen LogP contribution in [0, 0.1) is 0 Å². The normalized spacial score (nSPS) is 14.6. The number of carbonyl (C=O) groups excluding carboxylic acids is 1. The average molecular weight is 371 g/mol. The van der Waals surface area contributed by atoms with Crippen LogP contribution in [-0.4, -0.2) is 27.4 Å². The molecule has 1 N–H and O–H groups in total. The summed E-state index contributed by atoms with van der Waals surface area (Å²) >= 11 is 9.35. The van der Waals surface area contributed by atoms with Gasteiger partial charge in [-0.1, -0.05) is 15.9 Å². The Labute approximate surface area is 137 Å². The number of nitrogens with one attached hydrogen (secondary N) is 1. The molecule has 0 radical (unpaired) electrons. The van der Waals surface area contributed by atoms with Gasteiger partial charge in [0.25, 0.3) is 0 Å². The van der Waals surface area contributed by atoms with Crippen molar-refractivity contribution in [3.05, 3.63) is 28.5 Å². The van der Waals surface area contributed by atoms with E-state index in [1.54, 1.807) is 0 Å². The summed E-state index contributed by atoms with van der Waals surface area (Å²) < 4.78 is 3.12. The van der Waals surface area contributed by atoms with E-state index in [9.17, 15) is 4.79 Å². The van der Waals surface area contributed by atoms with E-state index in [1.165, 1.54) is 0 Å². The molecule has 112 valence electrons. The SMILES string of the molecule is O=C(CCn1c(CCCl)nc2ccc(Br)cc21)NC1CC1. The number of rotatable bonds is 6. The Morgan fingerprint density at radius 3 is 3.00 bits per heavy atom. The maximum absolute atomic E-state index is 11.9. The summed E-state index contributed by atoms with van der Waals surface area (Å²) in [5.74, 6) is 1.59. The molecular weight excluding hydrogens is 354 g/mol. The van der Waals surface area contributed by atoms with E-state index in [1.807, 2.05) is 18.2 Å². The van der Waals surface area contributed by atoms with E-state index in [0.29, 0.717) is 31.3 Å². The van der Waals surface area contributed by atoms with Crippen molar-refractivity contribution in [1.29, 1.82) is 0 Å². The topological polar surface area (TPSA) is 46.9 Å². The molecule has 1 heterocycles. The van der Waals surface area contributed by atoms with Crippen molar-refractivity contribution in [2.45, 2.75) is 38.3 Å². The summed E-state index contributed by atoms with van der Waals surface area (Å²) in [5.41, 5.74) is 1.99. The third-order valence-corrected chi connectivity index (χ3v) is 4.29. The minimum Gasteiger partial charge on any atom is -0.353 e. The van der Waals surface area contributed by atoms with Gasteiger partial charge in [0.2, 0.25) is 5.91 Å². The minimum atomic E-state index is 0.117. The van der Waals surface area contributed by atoms with Gasteiger partial charge in [0, 0.05) is 35.8 Å². The molecule has 0 bridgehead atoms. The zero-order valence-electron chi connectivity index (χ0n) is 11.6. The Morgan fingerprint density at radius 1 is 1.48 bits per heavy atom. The van der Waals surface area contributed by atoms with Crippen LogP contribution in [-0.2, 0) is 17.8 Å². The summed E-state index contributed by atoms with van der Waals surface area (Å²) in [7, 11) is 0. The highest BCUT2D eigenvalue weighted by atomic mass is 79.9. The molecule has 3 rings (SSSR count). The number of fused-ring (bicyclic) bond motifs is 1. The molecule has 4 nitrogen and oxygen atoms in total. The summed E-state index contributed by atoms with van der Waals surface area (Å²) in [6, 6.07) is 6.41. The first kappa shape index (κ1) is 14.9. The molecular formula is C15H17BrClN3O. The minimum absolute atomic E-state index is 0.117. The van der Waals surface area contributed by atoms with Crippen LogP contribution < -0.4 is 5.32 Å². The summed E-state index contributed by atoms with van der Waals surface area (Å²) in [6.45, 7) is 0.637. The third kappa shape index (κ3) is 3.58. The highest BCUT2D eigenvalue weighted by molar-refractivity contribution is 9.10. The number of alkyl halides is 1. The molecule has 1 amide bonds. The molecule has 2 aromatic rings. The smallest absolute Gasteiger partial charge is 0.222 e. The lowest BCUT2D eigenvalue weighted by molar-refractivity contribution is -0.121. The average Bonchev–Trinajstić information content (AvgIpc) is 3.19. The van der Waals surface area contributed by atoms with E-state index >= 15 is 0 Å². The van der Waals surface area contributed by atoms with Crippen LogP contribution in [0.3, 0.4) is 0 Å². The number of benzene rings is 1. The number of halogens is 2. The van der Waals surface area contributed by atoms with Crippen LogP contribution >= 0.6 is 27.5 Å². The van der Waals surface area contributed by atoms with Gasteiger partial charge in [0.15, 0.2) is 0 Å². The fraction of sp³-hybridized carbons (Fsp3) is 0.467. The second kappa shape index (κ2) is 6.36. The van der Waals surface area contributed by atoms with E-state index in [-0.39, 0.29) is 5.91 Å². The fourth-order valence-electron chi connectivity index (χ4n) is 2.41. The van der Waals surface area contributed by atoms with Gasteiger partial charge >= 0.3 is 0 Å². The Kier molecular flexibility index (Phi) is 4.50. The van der Waals surface area contributed by atoms with Crippen molar-refractivity contribution < 1.29 is 4.79 Å². The van der Waals surface area contributed by atoms with Crippen molar-refractivity contribution in [3.63, 3.8) is 0 Å². The summed E-state index contributed by atoms with van der Waals surface area (Å²) in [4.78, 5) is 16.5. The highest BCUT2D eigenvalue weighted by Gasteiger charge is 2.23. The molecule has 1 fully saturated rings. The molecule has 21 heavy (non-hydrogen) atoms. The maximum Gasteiger partial charge on any atom is 0.222 e. The molecule has 0 unspecified atom stereocenters. The highest BCUT2D eigenvalue weighted by Crippen LogP contribution is 2.22. The number of amides is 1. The summed E-state index contributed by atoms with van der Waals surface area (Å²) in [6.07, 6.45) is 3.41. The van der Waals surface area contributed by atoms with Gasteiger partial charge in [-0.05, 0) is 31.0 Å². The van der Waals surface area contributed by atoms with Gasteiger partial charge in [-0.15, -0.1) is 11.6 Å². The molecule has 0 saturated heterocycles. The summed E-state index contributed by atoms with van der Waals surface area (Å²) in [5, 5.41) is 3.02. The Bertz CT molecular complexity index is 666. The number of aromatic nitrogens is 2. The van der Waals surface area contributed by atoms with Crippen molar-refractivity contribution in [2.75, 3.05) is 5.88 Å². The van der Waals surface area contributed by atoms with Gasteiger partial charge in [0.05, 0.1) is 11.0 Å².